The number of para-hydroxylation sites is 1. The van der Waals surface area contributed by atoms with Crippen LogP contribution in [0, 0.1) is 0 Å². The summed E-state index contributed by atoms with van der Waals surface area (Å²) in [6.45, 7) is 1.33. The van der Waals surface area contributed by atoms with Gasteiger partial charge in [-0.1, -0.05) is 84.4 Å². The summed E-state index contributed by atoms with van der Waals surface area (Å²) in [7, 11) is 1.82. The summed E-state index contributed by atoms with van der Waals surface area (Å²) < 4.78 is 2.02. The quantitative estimate of drug-likeness (QED) is 0.193. The number of halogens is 1. The van der Waals surface area contributed by atoms with Crippen LogP contribution in [0.25, 0.3) is 21.9 Å². The van der Waals surface area contributed by atoms with Crippen LogP contribution < -0.4 is 4.90 Å². The van der Waals surface area contributed by atoms with Gasteiger partial charge in [-0.25, -0.2) is 0 Å². The van der Waals surface area contributed by atoms with Gasteiger partial charge in [0.25, 0.3) is 11.8 Å². The number of fused-ring (bicyclic) bond motifs is 3. The molecule has 7 rings (SSSR count). The monoisotopic (exact) mass is 610 g/mol. The summed E-state index contributed by atoms with van der Waals surface area (Å²) in [4.78, 5) is 35.7. The van der Waals surface area contributed by atoms with Crippen molar-refractivity contribution in [3.8, 4) is 11.1 Å². The summed E-state index contributed by atoms with van der Waals surface area (Å²) in [6.07, 6.45) is 2.43. The van der Waals surface area contributed by atoms with Crippen molar-refractivity contribution in [1.82, 2.24) is 14.5 Å². The fraction of sp³-hybridized carbons (Fsp3) is 0.132. The minimum atomic E-state index is -0.188. The molecule has 0 atom stereocenters. The van der Waals surface area contributed by atoms with Crippen molar-refractivity contribution in [2.45, 2.75) is 19.5 Å². The summed E-state index contributed by atoms with van der Waals surface area (Å²) >= 11 is 6.86. The van der Waals surface area contributed by atoms with Crippen LogP contribution in [0.2, 0.25) is 5.02 Å². The Morgan fingerprint density at radius 3 is 2.49 bits per heavy atom. The summed E-state index contributed by atoms with van der Waals surface area (Å²) in [5.41, 5.74) is 6.62. The fourth-order valence-electron chi connectivity index (χ4n) is 6.13. The van der Waals surface area contributed by atoms with Crippen molar-refractivity contribution >= 4 is 39.9 Å². The first-order chi connectivity index (χ1) is 22.0. The molecule has 0 bridgehead atoms. The van der Waals surface area contributed by atoms with E-state index in [0.29, 0.717) is 42.3 Å². The molecule has 0 unspecified atom stereocenters. The lowest BCUT2D eigenvalue weighted by Gasteiger charge is -2.23. The van der Waals surface area contributed by atoms with E-state index < -0.39 is 0 Å². The maximum absolute atomic E-state index is 14.2. The predicted molar refractivity (Wildman–Crippen MR) is 180 cm³/mol. The van der Waals surface area contributed by atoms with Gasteiger partial charge in [0.2, 0.25) is 0 Å². The van der Waals surface area contributed by atoms with Crippen LogP contribution >= 0.6 is 11.6 Å². The van der Waals surface area contributed by atoms with E-state index in [-0.39, 0.29) is 11.8 Å². The predicted octanol–water partition coefficient (Wildman–Crippen LogP) is 7.88. The SMILES string of the molecule is CN(CCc1ccccn1)C(=O)c1ccc2n1Cc1ccccc1N(C(=O)c1ccc(-c3cccc4ccccc34)cc1Cl)C2. The zero-order valence-electron chi connectivity index (χ0n) is 24.9. The first kappa shape index (κ1) is 28.6. The average Bonchev–Trinajstić information content (AvgIpc) is 3.39. The number of benzene rings is 4. The number of rotatable bonds is 6. The third kappa shape index (κ3) is 5.49. The highest BCUT2D eigenvalue weighted by Crippen LogP contribution is 2.35. The lowest BCUT2D eigenvalue weighted by molar-refractivity contribution is 0.0785. The third-order valence-corrected chi connectivity index (χ3v) is 8.86. The van der Waals surface area contributed by atoms with E-state index in [0.717, 1.165) is 44.5 Å². The molecule has 7 heteroatoms. The van der Waals surface area contributed by atoms with Crippen molar-refractivity contribution in [2.75, 3.05) is 18.5 Å². The second-order valence-electron chi connectivity index (χ2n) is 11.3. The zero-order valence-corrected chi connectivity index (χ0v) is 25.6. The van der Waals surface area contributed by atoms with E-state index >= 15 is 0 Å². The highest BCUT2D eigenvalue weighted by molar-refractivity contribution is 6.35. The van der Waals surface area contributed by atoms with Crippen LogP contribution in [0.4, 0.5) is 5.69 Å². The van der Waals surface area contributed by atoms with Gasteiger partial charge in [-0.15, -0.1) is 0 Å². The van der Waals surface area contributed by atoms with E-state index in [9.17, 15) is 9.59 Å². The minimum absolute atomic E-state index is 0.0680. The van der Waals surface area contributed by atoms with Crippen molar-refractivity contribution < 1.29 is 9.59 Å². The molecule has 6 nitrogen and oxygen atoms in total. The van der Waals surface area contributed by atoms with Crippen molar-refractivity contribution in [2.24, 2.45) is 0 Å². The standard InChI is InChI=1S/C38H31ClN4O2/c1-41(22-20-29-12-6-7-21-40-29)38(45)36-19-17-30-25-43(35-15-5-3-10-28(35)24-42(30)36)37(44)33-18-16-27(23-34(33)39)32-14-8-11-26-9-2-4-13-31(26)32/h2-19,21,23H,20,22,24-25H2,1H3. The molecule has 45 heavy (non-hydrogen) atoms. The highest BCUT2D eigenvalue weighted by atomic mass is 35.5. The normalized spacial score (nSPS) is 12.4. The number of carbonyl (C=O) groups is 2. The maximum Gasteiger partial charge on any atom is 0.270 e. The number of carbonyl (C=O) groups excluding carboxylic acids is 2. The molecule has 222 valence electrons. The van der Waals surface area contributed by atoms with E-state index in [4.69, 9.17) is 11.6 Å². The van der Waals surface area contributed by atoms with Gasteiger partial charge in [-0.3, -0.25) is 14.6 Å². The average molecular weight is 611 g/mol. The number of aromatic nitrogens is 2. The molecular formula is C38H31ClN4O2. The maximum atomic E-state index is 14.2. The Morgan fingerprint density at radius 2 is 1.64 bits per heavy atom. The first-order valence-electron chi connectivity index (χ1n) is 15.0. The number of amides is 2. The Hall–Kier alpha value is -5.20. The Labute approximate surface area is 267 Å². The molecule has 1 aliphatic rings. The number of anilines is 1. The number of hydrogen-bond acceptors (Lipinski definition) is 3. The van der Waals surface area contributed by atoms with Crippen LogP contribution in [0.15, 0.2) is 121 Å². The van der Waals surface area contributed by atoms with Crippen LogP contribution in [0.3, 0.4) is 0 Å². The molecule has 0 saturated heterocycles. The van der Waals surface area contributed by atoms with Gasteiger partial charge in [0, 0.05) is 43.3 Å². The second-order valence-corrected chi connectivity index (χ2v) is 11.7. The third-order valence-electron chi connectivity index (χ3n) is 8.54. The molecule has 0 fully saturated rings. The van der Waals surface area contributed by atoms with Crippen molar-refractivity contribution in [3.63, 3.8) is 0 Å². The van der Waals surface area contributed by atoms with Gasteiger partial charge < -0.3 is 14.4 Å². The molecule has 2 aromatic heterocycles. The number of nitrogens with zero attached hydrogens (tertiary/aromatic N) is 4. The largest absolute Gasteiger partial charge is 0.340 e. The summed E-state index contributed by atoms with van der Waals surface area (Å²) in [6, 6.07) is 37.5. The number of pyridine rings is 1. The van der Waals surface area contributed by atoms with Crippen molar-refractivity contribution in [3.05, 3.63) is 155 Å². The lowest BCUT2D eigenvalue weighted by Crippen LogP contribution is -2.32. The van der Waals surface area contributed by atoms with E-state index in [1.165, 1.54) is 0 Å². The van der Waals surface area contributed by atoms with Gasteiger partial charge >= 0.3 is 0 Å². The van der Waals surface area contributed by atoms with Gasteiger partial charge in [0.05, 0.1) is 23.7 Å². The Kier molecular flexibility index (Phi) is 7.66. The van der Waals surface area contributed by atoms with Crippen LogP contribution in [0.5, 0.6) is 0 Å². The van der Waals surface area contributed by atoms with Gasteiger partial charge in [-0.2, -0.15) is 0 Å². The Bertz CT molecular complexity index is 2050. The Balaban J connectivity index is 1.18. The highest BCUT2D eigenvalue weighted by Gasteiger charge is 2.29. The Morgan fingerprint density at radius 1 is 0.844 bits per heavy atom. The minimum Gasteiger partial charge on any atom is -0.340 e. The number of hydrogen-bond donors (Lipinski definition) is 0. The van der Waals surface area contributed by atoms with E-state index in [1.54, 1.807) is 16.0 Å². The summed E-state index contributed by atoms with van der Waals surface area (Å²) in [5.74, 6) is -0.256. The smallest absolute Gasteiger partial charge is 0.270 e. The van der Waals surface area contributed by atoms with Gasteiger partial charge in [0.1, 0.15) is 5.69 Å². The molecule has 0 aliphatic carbocycles. The van der Waals surface area contributed by atoms with E-state index in [1.807, 2.05) is 103 Å². The molecule has 2 amide bonds. The van der Waals surface area contributed by atoms with E-state index in [2.05, 4.69) is 29.2 Å². The zero-order chi connectivity index (χ0) is 30.9. The molecule has 0 radical (unpaired) electrons. The molecule has 1 aliphatic heterocycles. The van der Waals surface area contributed by atoms with Gasteiger partial charge in [0.15, 0.2) is 0 Å². The van der Waals surface area contributed by atoms with Gasteiger partial charge in [-0.05, 0) is 69.9 Å². The first-order valence-corrected chi connectivity index (χ1v) is 15.4. The number of likely N-dealkylation sites (N-methyl/N-ethyl adjacent to an activating group) is 1. The molecular weight excluding hydrogens is 580 g/mol. The molecule has 0 N–H and O–H groups in total. The second kappa shape index (κ2) is 12.1. The van der Waals surface area contributed by atoms with Crippen LogP contribution in [0.1, 0.15) is 37.8 Å². The van der Waals surface area contributed by atoms with Crippen LogP contribution in [-0.2, 0) is 19.5 Å². The molecule has 0 spiro atoms. The topological polar surface area (TPSA) is 58.4 Å². The molecule has 3 heterocycles. The molecule has 6 aromatic rings. The molecule has 0 saturated carbocycles. The molecule has 4 aromatic carbocycles. The summed E-state index contributed by atoms with van der Waals surface area (Å²) in [5, 5.41) is 2.67. The van der Waals surface area contributed by atoms with Crippen LogP contribution in [-0.4, -0.2) is 39.9 Å². The lowest BCUT2D eigenvalue weighted by atomic mass is 9.97. The van der Waals surface area contributed by atoms with Crippen molar-refractivity contribution in [1.29, 1.82) is 0 Å². The fourth-order valence-corrected chi connectivity index (χ4v) is 6.39.